The molecule has 1 N–H and O–H groups in total. The van der Waals surface area contributed by atoms with Crippen molar-refractivity contribution in [3.8, 4) is 0 Å². The summed E-state index contributed by atoms with van der Waals surface area (Å²) in [6.07, 6.45) is 15.1. The Bertz CT molecular complexity index is 386. The van der Waals surface area contributed by atoms with E-state index in [1.807, 2.05) is 6.20 Å². The van der Waals surface area contributed by atoms with Crippen molar-refractivity contribution in [2.45, 2.75) is 57.9 Å². The van der Waals surface area contributed by atoms with Crippen molar-refractivity contribution >= 4 is 0 Å². The van der Waals surface area contributed by atoms with Crippen LogP contribution in [0.3, 0.4) is 0 Å². The summed E-state index contributed by atoms with van der Waals surface area (Å²) in [7, 11) is 0. The van der Waals surface area contributed by atoms with Gasteiger partial charge < -0.3 is 5.32 Å². The van der Waals surface area contributed by atoms with Gasteiger partial charge in [0.05, 0.1) is 12.2 Å². The molecule has 0 bridgehead atoms. The number of nitrogens with zero attached hydrogens (tertiary/aromatic N) is 2. The molecule has 19 heavy (non-hydrogen) atoms. The fraction of sp³-hybridized carbons (Fsp3) is 0.625. The zero-order valence-corrected chi connectivity index (χ0v) is 11.9. The molecule has 1 heterocycles. The molecule has 0 radical (unpaired) electrons. The third-order valence-corrected chi connectivity index (χ3v) is 3.74. The van der Waals surface area contributed by atoms with Crippen molar-refractivity contribution < 1.29 is 0 Å². The molecule has 1 atom stereocenters. The van der Waals surface area contributed by atoms with Crippen LogP contribution >= 0.6 is 0 Å². The van der Waals surface area contributed by atoms with Crippen molar-refractivity contribution in [1.29, 1.82) is 0 Å². The maximum atomic E-state index is 4.03. The standard InChI is InChI=1S/C16H25N3/c1-2-11-17-16(15-10-12-18-19-13-15)14-8-6-4-3-5-7-9-14/h8,10,12-13,16-17H,2-7,9,11H2,1H3/b14-8+. The van der Waals surface area contributed by atoms with E-state index in [0.29, 0.717) is 6.04 Å². The highest BCUT2D eigenvalue weighted by atomic mass is 15.1. The van der Waals surface area contributed by atoms with Gasteiger partial charge in [-0.15, -0.1) is 0 Å². The van der Waals surface area contributed by atoms with Crippen LogP contribution in [0.25, 0.3) is 0 Å². The minimum Gasteiger partial charge on any atom is -0.306 e. The van der Waals surface area contributed by atoms with Crippen molar-refractivity contribution in [3.05, 3.63) is 35.7 Å². The maximum absolute atomic E-state index is 4.03. The second-order valence-electron chi connectivity index (χ2n) is 5.29. The molecule has 0 spiro atoms. The molecule has 1 aromatic rings. The van der Waals surface area contributed by atoms with Crippen LogP contribution < -0.4 is 5.32 Å². The zero-order valence-electron chi connectivity index (χ0n) is 11.9. The highest BCUT2D eigenvalue weighted by Crippen LogP contribution is 2.28. The van der Waals surface area contributed by atoms with E-state index in [1.165, 1.54) is 44.1 Å². The Morgan fingerprint density at radius 3 is 2.89 bits per heavy atom. The smallest absolute Gasteiger partial charge is 0.0552 e. The van der Waals surface area contributed by atoms with Crippen LogP contribution in [0.4, 0.5) is 0 Å². The van der Waals surface area contributed by atoms with E-state index in [0.717, 1.165) is 13.0 Å². The molecule has 0 aliphatic heterocycles. The lowest BCUT2D eigenvalue weighted by atomic mass is 9.91. The van der Waals surface area contributed by atoms with Crippen LogP contribution in [-0.2, 0) is 0 Å². The molecule has 1 unspecified atom stereocenters. The molecule has 2 rings (SSSR count). The van der Waals surface area contributed by atoms with Crippen molar-refractivity contribution in [2.24, 2.45) is 0 Å². The predicted octanol–water partition coefficient (Wildman–Crippen LogP) is 3.80. The molecule has 0 fully saturated rings. The summed E-state index contributed by atoms with van der Waals surface area (Å²) >= 11 is 0. The summed E-state index contributed by atoms with van der Waals surface area (Å²) < 4.78 is 0. The van der Waals surface area contributed by atoms with Gasteiger partial charge in [0.25, 0.3) is 0 Å². The molecular weight excluding hydrogens is 234 g/mol. The van der Waals surface area contributed by atoms with Crippen LogP contribution in [0.1, 0.15) is 63.5 Å². The molecule has 1 aromatic heterocycles. The van der Waals surface area contributed by atoms with Crippen molar-refractivity contribution in [3.63, 3.8) is 0 Å². The minimum absolute atomic E-state index is 0.327. The molecule has 1 aliphatic rings. The Morgan fingerprint density at radius 2 is 2.11 bits per heavy atom. The van der Waals surface area contributed by atoms with Gasteiger partial charge in [-0.25, -0.2) is 0 Å². The van der Waals surface area contributed by atoms with Crippen LogP contribution in [0.5, 0.6) is 0 Å². The van der Waals surface area contributed by atoms with Gasteiger partial charge in [-0.2, -0.15) is 10.2 Å². The van der Waals surface area contributed by atoms with Gasteiger partial charge in [0.15, 0.2) is 0 Å². The number of rotatable bonds is 5. The molecule has 0 amide bonds. The number of hydrogen-bond donors (Lipinski definition) is 1. The molecule has 0 saturated heterocycles. The summed E-state index contributed by atoms with van der Waals surface area (Å²) in [6, 6.07) is 2.41. The lowest BCUT2D eigenvalue weighted by molar-refractivity contribution is 0.539. The van der Waals surface area contributed by atoms with Gasteiger partial charge in [-0.05, 0) is 50.3 Å². The Labute approximate surface area is 116 Å². The monoisotopic (exact) mass is 259 g/mol. The molecule has 1 aliphatic carbocycles. The summed E-state index contributed by atoms with van der Waals surface area (Å²) in [5, 5.41) is 11.6. The first-order chi connectivity index (χ1) is 9.42. The first kappa shape index (κ1) is 14.2. The van der Waals surface area contributed by atoms with Crippen molar-refractivity contribution in [2.75, 3.05) is 6.54 Å². The van der Waals surface area contributed by atoms with Crippen LogP contribution in [0, 0.1) is 0 Å². The fourth-order valence-electron chi connectivity index (χ4n) is 2.70. The van der Waals surface area contributed by atoms with Crippen LogP contribution in [0.15, 0.2) is 30.1 Å². The Morgan fingerprint density at radius 1 is 1.21 bits per heavy atom. The lowest BCUT2D eigenvalue weighted by Crippen LogP contribution is -2.24. The topological polar surface area (TPSA) is 37.8 Å². The highest BCUT2D eigenvalue weighted by Gasteiger charge is 2.16. The fourth-order valence-corrected chi connectivity index (χ4v) is 2.70. The third kappa shape index (κ3) is 4.43. The van der Waals surface area contributed by atoms with Gasteiger partial charge >= 0.3 is 0 Å². The van der Waals surface area contributed by atoms with E-state index in [4.69, 9.17) is 0 Å². The quantitative estimate of drug-likeness (QED) is 0.817. The van der Waals surface area contributed by atoms with Gasteiger partial charge in [-0.1, -0.05) is 31.4 Å². The number of allylic oxidation sites excluding steroid dienone is 1. The average Bonchev–Trinajstić information content (AvgIpc) is 2.42. The highest BCUT2D eigenvalue weighted by molar-refractivity contribution is 5.25. The van der Waals surface area contributed by atoms with Gasteiger partial charge in [0.1, 0.15) is 0 Å². The lowest BCUT2D eigenvalue weighted by Gasteiger charge is -2.23. The van der Waals surface area contributed by atoms with Crippen LogP contribution in [0.2, 0.25) is 0 Å². The van der Waals surface area contributed by atoms with E-state index >= 15 is 0 Å². The van der Waals surface area contributed by atoms with Crippen LogP contribution in [-0.4, -0.2) is 16.7 Å². The van der Waals surface area contributed by atoms with Crippen molar-refractivity contribution in [1.82, 2.24) is 15.5 Å². The summed E-state index contributed by atoms with van der Waals surface area (Å²) in [5.41, 5.74) is 2.79. The predicted molar refractivity (Wildman–Crippen MR) is 78.9 cm³/mol. The van der Waals surface area contributed by atoms with E-state index in [2.05, 4.69) is 34.6 Å². The van der Waals surface area contributed by atoms with E-state index in [-0.39, 0.29) is 0 Å². The van der Waals surface area contributed by atoms with Gasteiger partial charge in [-0.3, -0.25) is 0 Å². The molecule has 104 valence electrons. The molecule has 0 saturated carbocycles. The SMILES string of the molecule is CCCNC(/C1=C/CCCCCC1)c1ccnnc1. The Balaban J connectivity index is 2.15. The first-order valence-electron chi connectivity index (χ1n) is 7.60. The second kappa shape index (κ2) is 8.05. The first-order valence-corrected chi connectivity index (χ1v) is 7.60. The van der Waals surface area contributed by atoms with E-state index in [1.54, 1.807) is 11.8 Å². The number of nitrogens with one attached hydrogen (secondary N) is 1. The second-order valence-corrected chi connectivity index (χ2v) is 5.29. The normalized spacial score (nSPS) is 21.0. The molecule has 3 heteroatoms. The van der Waals surface area contributed by atoms with E-state index in [9.17, 15) is 0 Å². The average molecular weight is 259 g/mol. The Kier molecular flexibility index (Phi) is 6.02. The molecule has 3 nitrogen and oxygen atoms in total. The zero-order chi connectivity index (χ0) is 13.3. The summed E-state index contributed by atoms with van der Waals surface area (Å²) in [6.45, 7) is 3.26. The molecule has 0 aromatic carbocycles. The van der Waals surface area contributed by atoms with Gasteiger partial charge in [0, 0.05) is 6.20 Å². The van der Waals surface area contributed by atoms with Gasteiger partial charge in [0.2, 0.25) is 0 Å². The Hall–Kier alpha value is -1.22. The summed E-state index contributed by atoms with van der Waals surface area (Å²) in [5.74, 6) is 0. The third-order valence-electron chi connectivity index (χ3n) is 3.74. The minimum atomic E-state index is 0.327. The summed E-state index contributed by atoms with van der Waals surface area (Å²) in [4.78, 5) is 0. The maximum Gasteiger partial charge on any atom is 0.0552 e. The largest absolute Gasteiger partial charge is 0.306 e. The van der Waals surface area contributed by atoms with E-state index < -0.39 is 0 Å². The number of hydrogen-bond acceptors (Lipinski definition) is 3. The number of aromatic nitrogens is 2. The molecular formula is C16H25N3.